The first-order valence-corrected chi connectivity index (χ1v) is 10.2. The Hall–Kier alpha value is -2.18. The van der Waals surface area contributed by atoms with Gasteiger partial charge in [0.05, 0.1) is 5.52 Å². The predicted octanol–water partition coefficient (Wildman–Crippen LogP) is 3.31. The van der Waals surface area contributed by atoms with E-state index in [0.29, 0.717) is 18.8 Å². The first-order chi connectivity index (χ1) is 13.6. The van der Waals surface area contributed by atoms with E-state index in [-0.39, 0.29) is 18.3 Å². The lowest BCUT2D eigenvalue weighted by atomic mass is 9.97. The highest BCUT2D eigenvalue weighted by atomic mass is 35.5. The van der Waals surface area contributed by atoms with Gasteiger partial charge < -0.3 is 10.2 Å². The van der Waals surface area contributed by atoms with Crippen LogP contribution in [0.15, 0.2) is 24.3 Å². The highest BCUT2D eigenvalue weighted by Crippen LogP contribution is 2.23. The molecule has 6 nitrogen and oxygen atoms in total. The summed E-state index contributed by atoms with van der Waals surface area (Å²) >= 11 is 0. The second kappa shape index (κ2) is 9.09. The maximum absolute atomic E-state index is 12.8. The summed E-state index contributed by atoms with van der Waals surface area (Å²) in [5.41, 5.74) is 5.06. The van der Waals surface area contributed by atoms with Crippen LogP contribution in [-0.2, 0) is 11.2 Å². The Kier molecular flexibility index (Phi) is 6.75. The van der Waals surface area contributed by atoms with Gasteiger partial charge in [0.2, 0.25) is 5.91 Å². The highest BCUT2D eigenvalue weighted by molar-refractivity contribution is 5.92. The Morgan fingerprint density at radius 2 is 2.07 bits per heavy atom. The molecular weight excluding hydrogens is 386 g/mol. The van der Waals surface area contributed by atoms with Gasteiger partial charge in [-0.15, -0.1) is 12.4 Å². The maximum atomic E-state index is 12.8. The largest absolute Gasteiger partial charge is 0.342 e. The molecule has 1 unspecified atom stereocenters. The second-order valence-electron chi connectivity index (χ2n) is 7.92. The molecule has 0 spiro atoms. The van der Waals surface area contributed by atoms with E-state index in [9.17, 15) is 4.79 Å². The average Bonchev–Trinajstić information content (AvgIpc) is 3.07. The van der Waals surface area contributed by atoms with Gasteiger partial charge in [-0.05, 0) is 70.3 Å². The molecule has 7 heteroatoms. The van der Waals surface area contributed by atoms with E-state index in [0.717, 1.165) is 59.6 Å². The van der Waals surface area contributed by atoms with Crippen molar-refractivity contribution in [1.82, 2.24) is 24.8 Å². The van der Waals surface area contributed by atoms with Crippen molar-refractivity contribution in [1.29, 1.82) is 0 Å². The number of halogens is 1. The molecule has 3 aromatic rings. The number of nitrogens with zero attached hydrogens (tertiary/aromatic N) is 4. The number of likely N-dealkylation sites (tertiary alicyclic amines) is 1. The zero-order chi connectivity index (χ0) is 19.7. The van der Waals surface area contributed by atoms with Gasteiger partial charge in [0.1, 0.15) is 0 Å². The standard InChI is InChI=1S/C22H29N5O.ClH/c1-15-18(10-11-21(28)26-12-6-7-17(14-26)13-23-3)16(2)27-22(24-15)19-8-4-5-9-20(19)25-27;/h4-5,8-9,17,23H,6-7,10-14H2,1-3H3;1H. The van der Waals surface area contributed by atoms with Crippen molar-refractivity contribution in [3.05, 3.63) is 41.2 Å². The van der Waals surface area contributed by atoms with Crippen LogP contribution in [0.2, 0.25) is 0 Å². The van der Waals surface area contributed by atoms with Gasteiger partial charge in [-0.25, -0.2) is 9.50 Å². The third-order valence-electron chi connectivity index (χ3n) is 5.97. The summed E-state index contributed by atoms with van der Waals surface area (Å²) in [5.74, 6) is 0.825. The third-order valence-corrected chi connectivity index (χ3v) is 5.97. The van der Waals surface area contributed by atoms with Crippen molar-refractivity contribution in [3.63, 3.8) is 0 Å². The lowest BCUT2D eigenvalue weighted by Gasteiger charge is -2.33. The first kappa shape index (κ1) is 21.5. The number of benzene rings is 1. The lowest BCUT2D eigenvalue weighted by Crippen LogP contribution is -2.42. The molecule has 1 atom stereocenters. The molecule has 1 N–H and O–H groups in total. The topological polar surface area (TPSA) is 62.5 Å². The Morgan fingerprint density at radius 1 is 1.28 bits per heavy atom. The van der Waals surface area contributed by atoms with Crippen LogP contribution in [0.4, 0.5) is 0 Å². The molecule has 3 heterocycles. The molecule has 1 aliphatic heterocycles. The number of hydrogen-bond donors (Lipinski definition) is 1. The van der Waals surface area contributed by atoms with E-state index in [1.807, 2.05) is 41.6 Å². The number of rotatable bonds is 5. The van der Waals surface area contributed by atoms with Crippen LogP contribution >= 0.6 is 12.4 Å². The van der Waals surface area contributed by atoms with Crippen molar-refractivity contribution >= 4 is 34.9 Å². The zero-order valence-corrected chi connectivity index (χ0v) is 18.3. The highest BCUT2D eigenvalue weighted by Gasteiger charge is 2.23. The van der Waals surface area contributed by atoms with Gasteiger partial charge in [-0.1, -0.05) is 12.1 Å². The summed E-state index contributed by atoms with van der Waals surface area (Å²) in [6.07, 6.45) is 3.55. The normalized spacial score (nSPS) is 16.9. The fourth-order valence-electron chi connectivity index (χ4n) is 4.48. The van der Waals surface area contributed by atoms with Crippen LogP contribution in [0.25, 0.3) is 16.6 Å². The number of hydrogen-bond acceptors (Lipinski definition) is 4. The van der Waals surface area contributed by atoms with Gasteiger partial charge in [0.25, 0.3) is 0 Å². The predicted molar refractivity (Wildman–Crippen MR) is 119 cm³/mol. The summed E-state index contributed by atoms with van der Waals surface area (Å²) in [7, 11) is 1.98. The fraction of sp³-hybridized carbons (Fsp3) is 0.500. The van der Waals surface area contributed by atoms with Gasteiger partial charge >= 0.3 is 0 Å². The van der Waals surface area contributed by atoms with Crippen LogP contribution in [0.5, 0.6) is 0 Å². The summed E-state index contributed by atoms with van der Waals surface area (Å²) in [4.78, 5) is 19.7. The van der Waals surface area contributed by atoms with Gasteiger partial charge in [0.15, 0.2) is 5.65 Å². The fourth-order valence-corrected chi connectivity index (χ4v) is 4.48. The molecule has 1 fully saturated rings. The van der Waals surface area contributed by atoms with E-state index in [1.54, 1.807) is 0 Å². The Bertz CT molecular complexity index is 1010. The summed E-state index contributed by atoms with van der Waals surface area (Å²) in [5, 5.41) is 9.03. The number of carbonyl (C=O) groups is 1. The van der Waals surface area contributed by atoms with E-state index in [2.05, 4.69) is 18.3 Å². The van der Waals surface area contributed by atoms with Crippen LogP contribution < -0.4 is 5.32 Å². The van der Waals surface area contributed by atoms with Crippen molar-refractivity contribution in [2.24, 2.45) is 5.92 Å². The van der Waals surface area contributed by atoms with E-state index < -0.39 is 0 Å². The number of aryl methyl sites for hydroxylation is 2. The first-order valence-electron chi connectivity index (χ1n) is 10.2. The summed E-state index contributed by atoms with van der Waals surface area (Å²) in [6, 6.07) is 8.09. The molecule has 0 radical (unpaired) electrons. The van der Waals surface area contributed by atoms with E-state index in [4.69, 9.17) is 10.1 Å². The number of amides is 1. The third kappa shape index (κ3) is 4.23. The van der Waals surface area contributed by atoms with Crippen LogP contribution in [0.3, 0.4) is 0 Å². The monoisotopic (exact) mass is 415 g/mol. The van der Waals surface area contributed by atoms with Crippen LogP contribution in [0, 0.1) is 19.8 Å². The number of aromatic nitrogens is 3. The van der Waals surface area contributed by atoms with Crippen molar-refractivity contribution in [3.8, 4) is 0 Å². The molecule has 4 rings (SSSR count). The molecule has 156 valence electrons. The Balaban J connectivity index is 0.00000240. The molecule has 1 aromatic carbocycles. The lowest BCUT2D eigenvalue weighted by molar-refractivity contribution is -0.132. The summed E-state index contributed by atoms with van der Waals surface area (Å²) in [6.45, 7) is 6.86. The molecule has 1 aliphatic rings. The van der Waals surface area contributed by atoms with Crippen LogP contribution in [0.1, 0.15) is 36.2 Å². The molecule has 2 aromatic heterocycles. The minimum atomic E-state index is 0. The van der Waals surface area contributed by atoms with Gasteiger partial charge in [-0.2, -0.15) is 5.10 Å². The van der Waals surface area contributed by atoms with Gasteiger partial charge in [-0.3, -0.25) is 4.79 Å². The van der Waals surface area contributed by atoms with Crippen molar-refractivity contribution in [2.75, 3.05) is 26.7 Å². The summed E-state index contributed by atoms with van der Waals surface area (Å²) < 4.78 is 1.93. The Morgan fingerprint density at radius 3 is 2.86 bits per heavy atom. The Labute approximate surface area is 178 Å². The molecule has 0 saturated carbocycles. The van der Waals surface area contributed by atoms with Crippen molar-refractivity contribution < 1.29 is 4.79 Å². The quantitative estimate of drug-likeness (QED) is 0.694. The number of carbonyl (C=O) groups excluding carboxylic acids is 1. The molecule has 29 heavy (non-hydrogen) atoms. The molecule has 1 amide bonds. The second-order valence-corrected chi connectivity index (χ2v) is 7.92. The van der Waals surface area contributed by atoms with Crippen LogP contribution in [-0.4, -0.2) is 52.1 Å². The maximum Gasteiger partial charge on any atom is 0.222 e. The molecular formula is C22H30ClN5O. The minimum Gasteiger partial charge on any atom is -0.342 e. The van der Waals surface area contributed by atoms with E-state index in [1.165, 1.54) is 6.42 Å². The number of piperidine rings is 1. The smallest absolute Gasteiger partial charge is 0.222 e. The molecule has 1 saturated heterocycles. The van der Waals surface area contributed by atoms with E-state index >= 15 is 0 Å². The molecule has 0 bridgehead atoms. The molecule has 0 aliphatic carbocycles. The average molecular weight is 416 g/mol. The van der Waals surface area contributed by atoms with Crippen molar-refractivity contribution in [2.45, 2.75) is 39.5 Å². The van der Waals surface area contributed by atoms with Gasteiger partial charge in [0, 0.05) is 36.3 Å². The number of nitrogens with one attached hydrogen (secondary N) is 1. The minimum absolute atomic E-state index is 0. The number of fused-ring (bicyclic) bond motifs is 3. The SMILES string of the molecule is CNCC1CCCN(C(=O)CCc2c(C)nc3c4ccccc4nn3c2C)C1.Cl. The zero-order valence-electron chi connectivity index (χ0n) is 17.4.